The van der Waals surface area contributed by atoms with Gasteiger partial charge in [-0.05, 0) is 90.4 Å². The first-order valence-corrected chi connectivity index (χ1v) is 19.2. The van der Waals surface area contributed by atoms with Crippen molar-refractivity contribution in [1.29, 1.82) is 0 Å². The molecule has 292 valence electrons. The molecule has 13 nitrogen and oxygen atoms in total. The van der Waals surface area contributed by atoms with E-state index in [4.69, 9.17) is 23.7 Å². The molecule has 6 rings (SSSR count). The number of likely N-dealkylation sites (N-methyl/N-ethyl adjacent to an activating group) is 1. The number of carbonyl (C=O) groups is 3. The lowest BCUT2D eigenvalue weighted by Crippen LogP contribution is -2.62. The lowest BCUT2D eigenvalue weighted by molar-refractivity contribution is -0.301. The quantitative estimate of drug-likeness (QED) is 0.261. The molecule has 5 fully saturated rings. The molecule has 13 atom stereocenters. The van der Waals surface area contributed by atoms with Crippen LogP contribution in [0.3, 0.4) is 0 Å². The van der Waals surface area contributed by atoms with Gasteiger partial charge in [-0.2, -0.15) is 0 Å². The number of hydrogen-bond acceptors (Lipinski definition) is 12. The third-order valence-electron chi connectivity index (χ3n) is 12.3. The number of aliphatic hydroxyl groups excluding tert-OH is 1. The molecule has 0 unspecified atom stereocenters. The van der Waals surface area contributed by atoms with Gasteiger partial charge < -0.3 is 44.3 Å². The molecule has 3 N–H and O–H groups in total. The largest absolute Gasteiger partial charge is 0.457 e. The Kier molecular flexibility index (Phi) is 12.7. The Bertz CT molecular complexity index is 1400. The molecule has 0 saturated carbocycles. The molecule has 0 aromatic carbocycles. The molecule has 0 radical (unpaired) electrons. The van der Waals surface area contributed by atoms with Gasteiger partial charge in [0.1, 0.15) is 17.6 Å². The Hall–Kier alpha value is -2.68. The van der Waals surface area contributed by atoms with E-state index in [-0.39, 0.29) is 48.8 Å². The van der Waals surface area contributed by atoms with Crippen molar-refractivity contribution in [3.63, 3.8) is 0 Å². The zero-order valence-corrected chi connectivity index (χ0v) is 32.6. The summed E-state index contributed by atoms with van der Waals surface area (Å²) in [5.41, 5.74) is -2.59. The van der Waals surface area contributed by atoms with Crippen LogP contribution in [0.15, 0.2) is 24.5 Å². The zero-order chi connectivity index (χ0) is 38.0. The van der Waals surface area contributed by atoms with E-state index in [0.29, 0.717) is 32.4 Å². The highest BCUT2D eigenvalue weighted by molar-refractivity contribution is 6.04. The Morgan fingerprint density at radius 3 is 2.56 bits per heavy atom. The topological polar surface area (TPSA) is 158 Å². The van der Waals surface area contributed by atoms with E-state index < -0.39 is 59.2 Å². The average Bonchev–Trinajstić information content (AvgIpc) is 3.42. The van der Waals surface area contributed by atoms with E-state index in [1.165, 1.54) is 0 Å². The van der Waals surface area contributed by atoms with Crippen molar-refractivity contribution < 1.29 is 43.2 Å². The maximum Gasteiger partial charge on any atom is 0.408 e. The van der Waals surface area contributed by atoms with E-state index in [9.17, 15) is 19.5 Å². The van der Waals surface area contributed by atoms with Gasteiger partial charge in [-0.25, -0.2) is 4.79 Å². The molecular formula is C39H62N4O9. The van der Waals surface area contributed by atoms with Crippen LogP contribution in [0.5, 0.6) is 0 Å². The van der Waals surface area contributed by atoms with Crippen LogP contribution < -0.4 is 10.6 Å². The summed E-state index contributed by atoms with van der Waals surface area (Å²) in [4.78, 5) is 47.8. The van der Waals surface area contributed by atoms with Crippen LogP contribution >= 0.6 is 0 Å². The summed E-state index contributed by atoms with van der Waals surface area (Å²) >= 11 is 0. The average molecular weight is 731 g/mol. The first kappa shape index (κ1) is 40.5. The van der Waals surface area contributed by atoms with Gasteiger partial charge in [-0.3, -0.25) is 14.6 Å². The molecule has 52 heavy (non-hydrogen) atoms. The fourth-order valence-electron chi connectivity index (χ4n) is 9.11. The van der Waals surface area contributed by atoms with Crippen LogP contribution in [0.2, 0.25) is 0 Å². The Morgan fingerprint density at radius 2 is 1.88 bits per heavy atom. The number of carbonyl (C=O) groups excluding carboxylic acids is 3. The number of ketones is 1. The second-order valence-corrected chi connectivity index (χ2v) is 16.7. The molecule has 2 bridgehead atoms. The number of esters is 1. The van der Waals surface area contributed by atoms with Gasteiger partial charge in [0.2, 0.25) is 0 Å². The van der Waals surface area contributed by atoms with Gasteiger partial charge in [0.05, 0.1) is 23.9 Å². The zero-order valence-electron chi connectivity index (χ0n) is 32.6. The number of pyridine rings is 1. The molecule has 0 spiro atoms. The highest BCUT2D eigenvalue weighted by Gasteiger charge is 2.58. The van der Waals surface area contributed by atoms with Crippen LogP contribution in [0.4, 0.5) is 4.79 Å². The Morgan fingerprint density at radius 1 is 1.13 bits per heavy atom. The second-order valence-electron chi connectivity index (χ2n) is 16.7. The molecular weight excluding hydrogens is 668 g/mol. The van der Waals surface area contributed by atoms with Crippen molar-refractivity contribution in [3.8, 4) is 0 Å². The molecule has 5 saturated heterocycles. The van der Waals surface area contributed by atoms with E-state index in [2.05, 4.69) is 29.5 Å². The summed E-state index contributed by atoms with van der Waals surface area (Å²) in [6.07, 6.45) is 2.23. The monoisotopic (exact) mass is 730 g/mol. The van der Waals surface area contributed by atoms with Crippen molar-refractivity contribution in [2.45, 2.75) is 148 Å². The number of Topliss-reactive ketones (excluding diaryl/α,β-unsaturated/α-hetero) is 1. The Balaban J connectivity index is 1.46. The summed E-state index contributed by atoms with van der Waals surface area (Å²) in [5.74, 6) is -1.69. The van der Waals surface area contributed by atoms with E-state index in [1.54, 1.807) is 20.0 Å². The first-order valence-electron chi connectivity index (χ1n) is 19.2. The summed E-state index contributed by atoms with van der Waals surface area (Å²) < 4.78 is 32.2. The molecule has 5 aliphatic rings. The third kappa shape index (κ3) is 8.34. The van der Waals surface area contributed by atoms with Gasteiger partial charge in [0, 0.05) is 44.0 Å². The summed E-state index contributed by atoms with van der Waals surface area (Å²) in [6, 6.07) is 3.24. The lowest BCUT2D eigenvalue weighted by Gasteiger charge is -2.49. The van der Waals surface area contributed by atoms with Gasteiger partial charge in [0.25, 0.3) is 0 Å². The number of rotatable bonds is 8. The predicted molar refractivity (Wildman–Crippen MR) is 193 cm³/mol. The van der Waals surface area contributed by atoms with Gasteiger partial charge in [-0.1, -0.05) is 40.2 Å². The lowest BCUT2D eigenvalue weighted by atomic mass is 9.70. The van der Waals surface area contributed by atoms with E-state index >= 15 is 0 Å². The Labute approximate surface area is 309 Å². The standard InChI is InChI=1S/C39H62N4O9/c1-10-29-39(7)31(42-36(47)52-39)24(3)14-13-23(2)19-38(6)33(25(4)32(45)37(5,15-17-48-38)35(46)50-29)51-34-30(44)28(43(8)9)18-27(49-34)22-41-21-26-12-11-16-40-20-26/h11-12,16,20,23-25,27-31,33-34,41,44H,10,13-15,17-19,21-22H2,1-9H3,(H,42,47)/t23-,24-,25-,27-,28-,29+,30+,31+,33+,34-,37-,38+,39+/m0/s1. The normalized spacial score (nSPS) is 42.0. The number of aliphatic hydroxyl groups is 1. The van der Waals surface area contributed by atoms with Crippen LogP contribution in [0, 0.1) is 23.2 Å². The number of alkyl carbamates (subject to hydrolysis) is 1. The number of aromatic nitrogens is 1. The van der Waals surface area contributed by atoms with Crippen molar-refractivity contribution >= 4 is 17.8 Å². The van der Waals surface area contributed by atoms with Crippen molar-refractivity contribution in [2.75, 3.05) is 27.2 Å². The van der Waals surface area contributed by atoms with Crippen LogP contribution in [0.1, 0.15) is 92.6 Å². The number of nitrogens with one attached hydrogen (secondary N) is 2. The number of fused-ring (bicyclic) bond motifs is 10. The van der Waals surface area contributed by atoms with Crippen LogP contribution in [-0.4, -0.2) is 114 Å². The van der Waals surface area contributed by atoms with Crippen LogP contribution in [0.25, 0.3) is 0 Å². The van der Waals surface area contributed by atoms with Crippen molar-refractivity contribution in [3.05, 3.63) is 30.1 Å². The van der Waals surface area contributed by atoms with Crippen LogP contribution in [-0.2, 0) is 39.8 Å². The number of hydrogen-bond donors (Lipinski definition) is 3. The smallest absolute Gasteiger partial charge is 0.408 e. The molecule has 1 aromatic rings. The highest BCUT2D eigenvalue weighted by atomic mass is 16.7. The second kappa shape index (κ2) is 16.4. The highest BCUT2D eigenvalue weighted by Crippen LogP contribution is 2.44. The number of nitrogens with zero attached hydrogens (tertiary/aromatic N) is 2. The predicted octanol–water partition coefficient (Wildman–Crippen LogP) is 4.00. The number of ether oxygens (including phenoxy) is 5. The third-order valence-corrected chi connectivity index (χ3v) is 12.3. The molecule has 5 aliphatic heterocycles. The minimum Gasteiger partial charge on any atom is -0.457 e. The molecule has 1 aromatic heterocycles. The fraction of sp³-hybridized carbons (Fsp3) is 0.795. The van der Waals surface area contributed by atoms with E-state index in [0.717, 1.165) is 18.4 Å². The maximum absolute atomic E-state index is 14.7. The van der Waals surface area contributed by atoms with Gasteiger partial charge >= 0.3 is 12.1 Å². The molecule has 1 amide bonds. The summed E-state index contributed by atoms with van der Waals surface area (Å²) in [7, 11) is 3.85. The minimum absolute atomic E-state index is 0.00511. The molecule has 0 aliphatic carbocycles. The maximum atomic E-state index is 14.7. The first-order chi connectivity index (χ1) is 24.5. The van der Waals surface area contributed by atoms with Gasteiger partial charge in [0.15, 0.2) is 17.7 Å². The minimum atomic E-state index is -1.56. The number of amides is 1. The molecule has 13 heteroatoms. The summed E-state index contributed by atoms with van der Waals surface area (Å²) in [5, 5.41) is 18.2. The summed E-state index contributed by atoms with van der Waals surface area (Å²) in [6.45, 7) is 14.5. The van der Waals surface area contributed by atoms with Gasteiger partial charge in [-0.15, -0.1) is 0 Å². The molecule has 6 heterocycles. The van der Waals surface area contributed by atoms with Crippen molar-refractivity contribution in [2.24, 2.45) is 23.2 Å². The van der Waals surface area contributed by atoms with E-state index in [1.807, 2.05) is 58.1 Å². The SMILES string of the molecule is CC[C@H]1OC(=O)[C@@]2(C)CCO[C@](C)(C[C@@H](C)CC[C@H](C)[C@H]3NC(=O)O[C@@]31C)[C@H](O[C@@H]1O[C@H](CNCc3cccnc3)C[C@H](N(C)C)[C@H]1O)[C@@H](C)C2=O. The van der Waals surface area contributed by atoms with Crippen molar-refractivity contribution in [1.82, 2.24) is 20.5 Å². The fourth-order valence-corrected chi connectivity index (χ4v) is 9.11.